The van der Waals surface area contributed by atoms with Gasteiger partial charge in [0.15, 0.2) is 6.17 Å². The van der Waals surface area contributed by atoms with E-state index in [2.05, 4.69) is 5.32 Å². The molecule has 2 aromatic carbocycles. The second-order valence-corrected chi connectivity index (χ2v) is 5.89. The molecule has 0 saturated carbocycles. The van der Waals surface area contributed by atoms with E-state index in [0.29, 0.717) is 22.8 Å². The van der Waals surface area contributed by atoms with Crippen LogP contribution in [-0.2, 0) is 0 Å². The normalized spacial score (nSPS) is 16.3. The van der Waals surface area contributed by atoms with Crippen LogP contribution in [0.25, 0.3) is 0 Å². The van der Waals surface area contributed by atoms with Crippen molar-refractivity contribution < 1.29 is 13.9 Å². The molecular formula is C20H18N2O3. The number of hydrogen-bond acceptors (Lipinski definition) is 4. The number of ether oxygens (including phenoxy) is 1. The maximum Gasteiger partial charge on any atom is 0.262 e. The van der Waals surface area contributed by atoms with Crippen molar-refractivity contribution in [1.82, 2.24) is 0 Å². The number of anilines is 2. The SMILES string of the molecule is COc1ccccc1N1C(=O)c2ccccc2NC1c1ccc(C)o1. The van der Waals surface area contributed by atoms with Crippen LogP contribution in [0.2, 0.25) is 0 Å². The lowest BCUT2D eigenvalue weighted by Gasteiger charge is -2.37. The van der Waals surface area contributed by atoms with Crippen LogP contribution >= 0.6 is 0 Å². The molecule has 1 aliphatic rings. The van der Waals surface area contributed by atoms with Gasteiger partial charge in [0.05, 0.1) is 18.4 Å². The number of furan rings is 1. The second kappa shape index (κ2) is 6.02. The molecule has 0 bridgehead atoms. The molecule has 1 amide bonds. The highest BCUT2D eigenvalue weighted by molar-refractivity contribution is 6.12. The highest BCUT2D eigenvalue weighted by Crippen LogP contribution is 2.40. The van der Waals surface area contributed by atoms with Gasteiger partial charge >= 0.3 is 0 Å². The first-order valence-corrected chi connectivity index (χ1v) is 8.07. The zero-order valence-electron chi connectivity index (χ0n) is 14.0. The summed E-state index contributed by atoms with van der Waals surface area (Å²) < 4.78 is 11.3. The molecule has 3 aromatic rings. The van der Waals surface area contributed by atoms with Crippen LogP contribution in [-0.4, -0.2) is 13.0 Å². The Kier molecular flexibility index (Phi) is 3.69. The minimum absolute atomic E-state index is 0.0992. The number of carbonyl (C=O) groups is 1. The predicted octanol–water partition coefficient (Wildman–Crippen LogP) is 4.37. The van der Waals surface area contributed by atoms with Crippen LogP contribution in [0.1, 0.15) is 28.0 Å². The van der Waals surface area contributed by atoms with Gasteiger partial charge in [0.25, 0.3) is 5.91 Å². The summed E-state index contributed by atoms with van der Waals surface area (Å²) in [6.07, 6.45) is -0.451. The van der Waals surface area contributed by atoms with Gasteiger partial charge in [0.1, 0.15) is 17.3 Å². The third kappa shape index (κ3) is 2.54. The fourth-order valence-electron chi connectivity index (χ4n) is 3.13. The summed E-state index contributed by atoms with van der Waals surface area (Å²) >= 11 is 0. The Labute approximate surface area is 145 Å². The quantitative estimate of drug-likeness (QED) is 0.773. The summed E-state index contributed by atoms with van der Waals surface area (Å²) in [6, 6.07) is 18.7. The minimum atomic E-state index is -0.451. The summed E-state index contributed by atoms with van der Waals surface area (Å²) in [7, 11) is 1.60. The average Bonchev–Trinajstić information content (AvgIpc) is 3.08. The van der Waals surface area contributed by atoms with Gasteiger partial charge in [-0.1, -0.05) is 24.3 Å². The number of rotatable bonds is 3. The number of methoxy groups -OCH3 is 1. The van der Waals surface area contributed by atoms with Crippen molar-refractivity contribution in [3.05, 3.63) is 77.7 Å². The van der Waals surface area contributed by atoms with Crippen LogP contribution < -0.4 is 15.0 Å². The van der Waals surface area contributed by atoms with Crippen molar-refractivity contribution >= 4 is 17.3 Å². The molecule has 5 nitrogen and oxygen atoms in total. The Hall–Kier alpha value is -3.21. The van der Waals surface area contributed by atoms with Gasteiger partial charge in [-0.15, -0.1) is 0 Å². The molecule has 0 spiro atoms. The lowest BCUT2D eigenvalue weighted by Crippen LogP contribution is -2.43. The first-order valence-electron chi connectivity index (χ1n) is 8.07. The topological polar surface area (TPSA) is 54.7 Å². The molecule has 1 aromatic heterocycles. The Bertz CT molecular complexity index is 932. The average molecular weight is 334 g/mol. The zero-order valence-corrected chi connectivity index (χ0v) is 14.0. The Morgan fingerprint density at radius 1 is 1.04 bits per heavy atom. The summed E-state index contributed by atoms with van der Waals surface area (Å²) in [5.74, 6) is 2.00. The van der Waals surface area contributed by atoms with E-state index in [1.807, 2.05) is 67.6 Å². The second-order valence-electron chi connectivity index (χ2n) is 5.89. The van der Waals surface area contributed by atoms with Gasteiger partial charge < -0.3 is 14.5 Å². The van der Waals surface area contributed by atoms with E-state index in [-0.39, 0.29) is 5.91 Å². The summed E-state index contributed by atoms with van der Waals surface area (Å²) in [5, 5.41) is 3.41. The number of carbonyl (C=O) groups excluding carboxylic acids is 1. The van der Waals surface area contributed by atoms with Crippen molar-refractivity contribution in [2.24, 2.45) is 0 Å². The molecule has 5 heteroatoms. The number of nitrogens with zero attached hydrogens (tertiary/aromatic N) is 1. The summed E-state index contributed by atoms with van der Waals surface area (Å²) in [6.45, 7) is 1.88. The van der Waals surface area contributed by atoms with Crippen molar-refractivity contribution in [1.29, 1.82) is 0 Å². The van der Waals surface area contributed by atoms with Gasteiger partial charge in [-0.05, 0) is 43.3 Å². The molecule has 1 aliphatic heterocycles. The highest BCUT2D eigenvalue weighted by Gasteiger charge is 2.36. The molecule has 1 atom stereocenters. The van der Waals surface area contributed by atoms with Crippen LogP contribution in [0.5, 0.6) is 5.75 Å². The maximum atomic E-state index is 13.3. The first kappa shape index (κ1) is 15.3. The van der Waals surface area contributed by atoms with E-state index < -0.39 is 6.17 Å². The molecule has 0 aliphatic carbocycles. The van der Waals surface area contributed by atoms with Crippen molar-refractivity contribution in [2.75, 3.05) is 17.3 Å². The summed E-state index contributed by atoms with van der Waals surface area (Å²) in [5.41, 5.74) is 2.10. The van der Waals surface area contributed by atoms with Crippen LogP contribution in [0.15, 0.2) is 65.1 Å². The van der Waals surface area contributed by atoms with Crippen LogP contribution in [0.3, 0.4) is 0 Å². The number of hydrogen-bond donors (Lipinski definition) is 1. The number of benzene rings is 2. The Morgan fingerprint density at radius 3 is 2.56 bits per heavy atom. The monoisotopic (exact) mass is 334 g/mol. The number of nitrogens with one attached hydrogen (secondary N) is 1. The fourth-order valence-corrected chi connectivity index (χ4v) is 3.13. The molecule has 0 saturated heterocycles. The van der Waals surface area contributed by atoms with Crippen LogP contribution in [0, 0.1) is 6.92 Å². The van der Waals surface area contributed by atoms with Gasteiger partial charge in [-0.25, -0.2) is 0 Å². The molecule has 2 heterocycles. The molecule has 0 fully saturated rings. The third-order valence-corrected chi connectivity index (χ3v) is 4.30. The number of aryl methyl sites for hydroxylation is 1. The summed E-state index contributed by atoms with van der Waals surface area (Å²) in [4.78, 5) is 14.9. The van der Waals surface area contributed by atoms with E-state index in [1.165, 1.54) is 0 Å². The first-order chi connectivity index (χ1) is 12.2. The minimum Gasteiger partial charge on any atom is -0.495 e. The molecule has 1 N–H and O–H groups in total. The molecule has 25 heavy (non-hydrogen) atoms. The highest BCUT2D eigenvalue weighted by atomic mass is 16.5. The Morgan fingerprint density at radius 2 is 1.80 bits per heavy atom. The van der Waals surface area contributed by atoms with Gasteiger partial charge in [-0.2, -0.15) is 0 Å². The smallest absolute Gasteiger partial charge is 0.262 e. The predicted molar refractivity (Wildman–Crippen MR) is 96.1 cm³/mol. The zero-order chi connectivity index (χ0) is 17.4. The lowest BCUT2D eigenvalue weighted by molar-refractivity contribution is 0.0971. The van der Waals surface area contributed by atoms with E-state index in [4.69, 9.17) is 9.15 Å². The third-order valence-electron chi connectivity index (χ3n) is 4.30. The molecular weight excluding hydrogens is 316 g/mol. The van der Waals surface area contributed by atoms with E-state index in [9.17, 15) is 4.79 Å². The van der Waals surface area contributed by atoms with E-state index in [1.54, 1.807) is 12.0 Å². The number of fused-ring (bicyclic) bond motifs is 1. The fraction of sp³-hybridized carbons (Fsp3) is 0.150. The maximum absolute atomic E-state index is 13.3. The standard InChI is InChI=1S/C20H18N2O3/c1-13-11-12-18(25-13)19-21-15-8-4-3-7-14(15)20(23)22(19)16-9-5-6-10-17(16)24-2/h3-12,19,21H,1-2H3. The molecule has 1 unspecified atom stereocenters. The van der Waals surface area contributed by atoms with Gasteiger partial charge in [0, 0.05) is 5.69 Å². The van der Waals surface area contributed by atoms with E-state index in [0.717, 1.165) is 11.4 Å². The van der Waals surface area contributed by atoms with Crippen molar-refractivity contribution in [3.8, 4) is 5.75 Å². The molecule has 4 rings (SSSR count). The van der Waals surface area contributed by atoms with Crippen molar-refractivity contribution in [3.63, 3.8) is 0 Å². The largest absolute Gasteiger partial charge is 0.495 e. The molecule has 0 radical (unpaired) electrons. The van der Waals surface area contributed by atoms with Gasteiger partial charge in [-0.3, -0.25) is 9.69 Å². The van der Waals surface area contributed by atoms with Gasteiger partial charge in [0.2, 0.25) is 0 Å². The molecule has 126 valence electrons. The lowest BCUT2D eigenvalue weighted by atomic mass is 10.1. The van der Waals surface area contributed by atoms with Crippen molar-refractivity contribution in [2.45, 2.75) is 13.1 Å². The van der Waals surface area contributed by atoms with Crippen LogP contribution in [0.4, 0.5) is 11.4 Å². The van der Waals surface area contributed by atoms with E-state index >= 15 is 0 Å². The Balaban J connectivity index is 1.89. The number of para-hydroxylation sites is 3. The number of amides is 1.